The molecule has 0 aliphatic carbocycles. The molecule has 0 fully saturated rings. The highest BCUT2D eigenvalue weighted by molar-refractivity contribution is 5.92. The molecule has 0 bridgehead atoms. The Bertz CT molecular complexity index is 1470. The fourth-order valence-corrected chi connectivity index (χ4v) is 3.34. The summed E-state index contributed by atoms with van der Waals surface area (Å²) in [6.45, 7) is 0. The number of halogens is 3. The maximum absolute atomic E-state index is 13.0. The monoisotopic (exact) mass is 434 g/mol. The number of benzene rings is 3. The van der Waals surface area contributed by atoms with Crippen LogP contribution in [0.1, 0.15) is 5.56 Å². The summed E-state index contributed by atoms with van der Waals surface area (Å²) in [5, 5.41) is 9.28. The van der Waals surface area contributed by atoms with Crippen molar-refractivity contribution in [3.8, 4) is 28.7 Å². The third-order valence-electron chi connectivity index (χ3n) is 4.90. The second-order valence-electron chi connectivity index (χ2n) is 6.94. The van der Waals surface area contributed by atoms with E-state index in [1.807, 2.05) is 6.07 Å². The number of para-hydroxylation sites is 1. The molecule has 2 aromatic heterocycles. The van der Waals surface area contributed by atoms with Crippen LogP contribution in [-0.4, -0.2) is 19.9 Å². The molecule has 0 aliphatic rings. The zero-order valence-corrected chi connectivity index (χ0v) is 16.2. The Labute approximate surface area is 178 Å². The van der Waals surface area contributed by atoms with Crippen molar-refractivity contribution in [2.45, 2.75) is 6.18 Å². The highest BCUT2D eigenvalue weighted by Gasteiger charge is 2.30. The summed E-state index contributed by atoms with van der Waals surface area (Å²) in [6, 6.07) is 20.2. The summed E-state index contributed by atoms with van der Waals surface area (Å²) in [7, 11) is 0. The minimum atomic E-state index is -4.44. The van der Waals surface area contributed by atoms with Gasteiger partial charge in [-0.05, 0) is 30.3 Å². The molecule has 0 amide bonds. The van der Waals surface area contributed by atoms with Crippen molar-refractivity contribution in [3.63, 3.8) is 0 Å². The molecule has 5 aromatic rings. The second kappa shape index (κ2) is 7.45. The molecule has 0 saturated heterocycles. The minimum absolute atomic E-state index is 0.0424. The van der Waals surface area contributed by atoms with Crippen LogP contribution in [0, 0.1) is 0 Å². The number of hydrogen-bond donors (Lipinski definition) is 0. The molecule has 0 radical (unpaired) electrons. The fraction of sp³-hybridized carbons (Fsp3) is 0.0435. The lowest BCUT2D eigenvalue weighted by Gasteiger charge is -2.08. The topological polar surface area (TPSA) is 73.8 Å². The maximum Gasteiger partial charge on any atom is 0.416 e. The first-order valence-electron chi connectivity index (χ1n) is 9.51. The Balaban J connectivity index is 1.64. The van der Waals surface area contributed by atoms with Gasteiger partial charge < -0.3 is 4.52 Å². The van der Waals surface area contributed by atoms with Gasteiger partial charge in [0.1, 0.15) is 0 Å². The maximum atomic E-state index is 13.0. The largest absolute Gasteiger partial charge is 0.416 e. The van der Waals surface area contributed by atoms with Crippen molar-refractivity contribution >= 4 is 10.8 Å². The number of rotatable bonds is 3. The van der Waals surface area contributed by atoms with E-state index >= 15 is 0 Å². The molecule has 0 aliphatic heterocycles. The third kappa shape index (κ3) is 3.43. The standard InChI is InChI=1S/C23H13F3N4O2/c24-23(25,26)15-12-10-14(11-13-15)20-27-21(32-29-20)19-17-8-4-5-9-18(17)22(31)30(28-19)16-6-2-1-3-7-16/h1-13H. The summed E-state index contributed by atoms with van der Waals surface area (Å²) >= 11 is 0. The van der Waals surface area contributed by atoms with E-state index in [2.05, 4.69) is 15.2 Å². The molecular formula is C23H13F3N4O2. The van der Waals surface area contributed by atoms with Crippen molar-refractivity contribution in [2.75, 3.05) is 0 Å². The molecular weight excluding hydrogens is 421 g/mol. The van der Waals surface area contributed by atoms with Crippen LogP contribution in [0.15, 0.2) is 88.2 Å². The zero-order valence-electron chi connectivity index (χ0n) is 16.2. The predicted octanol–water partition coefficient (Wildman–Crippen LogP) is 5.12. The van der Waals surface area contributed by atoms with Crippen molar-refractivity contribution in [1.29, 1.82) is 0 Å². The van der Waals surface area contributed by atoms with Crippen LogP contribution in [0.3, 0.4) is 0 Å². The first kappa shape index (κ1) is 19.7. The molecule has 2 heterocycles. The average Bonchev–Trinajstić information content (AvgIpc) is 3.30. The Hall–Kier alpha value is -4.27. The number of aromatic nitrogens is 4. The molecule has 32 heavy (non-hydrogen) atoms. The Morgan fingerprint density at radius 2 is 1.47 bits per heavy atom. The molecule has 3 aromatic carbocycles. The highest BCUT2D eigenvalue weighted by atomic mass is 19.4. The fourth-order valence-electron chi connectivity index (χ4n) is 3.34. The van der Waals surface area contributed by atoms with Gasteiger partial charge in [0.25, 0.3) is 11.4 Å². The average molecular weight is 434 g/mol. The van der Waals surface area contributed by atoms with Crippen LogP contribution in [0.25, 0.3) is 39.4 Å². The van der Waals surface area contributed by atoms with Gasteiger partial charge in [-0.2, -0.15) is 27.9 Å². The highest BCUT2D eigenvalue weighted by Crippen LogP contribution is 2.31. The summed E-state index contributed by atoms with van der Waals surface area (Å²) in [4.78, 5) is 17.3. The summed E-state index contributed by atoms with van der Waals surface area (Å²) in [5.41, 5.74) is 0.126. The van der Waals surface area contributed by atoms with Crippen LogP contribution < -0.4 is 5.56 Å². The van der Waals surface area contributed by atoms with Crippen LogP contribution >= 0.6 is 0 Å². The molecule has 0 spiro atoms. The van der Waals surface area contributed by atoms with E-state index < -0.39 is 11.7 Å². The lowest BCUT2D eigenvalue weighted by Crippen LogP contribution is -2.22. The molecule has 5 rings (SSSR count). The van der Waals surface area contributed by atoms with Gasteiger partial charge in [0, 0.05) is 10.9 Å². The minimum Gasteiger partial charge on any atom is -0.332 e. The summed E-state index contributed by atoms with van der Waals surface area (Å²) in [5.74, 6) is 0.151. The predicted molar refractivity (Wildman–Crippen MR) is 111 cm³/mol. The van der Waals surface area contributed by atoms with Crippen molar-refractivity contribution in [3.05, 3.63) is 94.8 Å². The third-order valence-corrected chi connectivity index (χ3v) is 4.90. The Morgan fingerprint density at radius 1 is 0.812 bits per heavy atom. The van der Waals surface area contributed by atoms with Gasteiger partial charge in [0.2, 0.25) is 5.82 Å². The van der Waals surface area contributed by atoms with E-state index in [9.17, 15) is 18.0 Å². The van der Waals surface area contributed by atoms with Crippen LogP contribution in [0.4, 0.5) is 13.2 Å². The van der Waals surface area contributed by atoms with E-state index in [1.54, 1.807) is 48.5 Å². The SMILES string of the molecule is O=c1c2ccccc2c(-c2nc(-c3ccc(C(F)(F)F)cc3)no2)nn1-c1ccccc1. The van der Waals surface area contributed by atoms with Gasteiger partial charge in [-0.15, -0.1) is 0 Å². The molecule has 9 heteroatoms. The van der Waals surface area contributed by atoms with Gasteiger partial charge in [-0.1, -0.05) is 53.7 Å². The van der Waals surface area contributed by atoms with Crippen LogP contribution in [-0.2, 0) is 6.18 Å². The van der Waals surface area contributed by atoms with E-state index in [0.29, 0.717) is 22.0 Å². The lowest BCUT2D eigenvalue weighted by molar-refractivity contribution is -0.137. The smallest absolute Gasteiger partial charge is 0.332 e. The molecule has 0 unspecified atom stereocenters. The first-order valence-corrected chi connectivity index (χ1v) is 9.51. The lowest BCUT2D eigenvalue weighted by atomic mass is 10.1. The molecule has 6 nitrogen and oxygen atoms in total. The molecule has 0 N–H and O–H groups in total. The van der Waals surface area contributed by atoms with Crippen LogP contribution in [0.5, 0.6) is 0 Å². The quantitative estimate of drug-likeness (QED) is 0.394. The summed E-state index contributed by atoms with van der Waals surface area (Å²) < 4.78 is 45.1. The zero-order chi connectivity index (χ0) is 22.3. The van der Waals surface area contributed by atoms with Crippen molar-refractivity contribution in [2.24, 2.45) is 0 Å². The van der Waals surface area contributed by atoms with Gasteiger partial charge in [-0.3, -0.25) is 4.79 Å². The van der Waals surface area contributed by atoms with Gasteiger partial charge in [-0.25, -0.2) is 0 Å². The number of alkyl halides is 3. The van der Waals surface area contributed by atoms with Crippen molar-refractivity contribution in [1.82, 2.24) is 19.9 Å². The second-order valence-corrected chi connectivity index (χ2v) is 6.94. The van der Waals surface area contributed by atoms with Crippen molar-refractivity contribution < 1.29 is 17.7 Å². The number of nitrogens with zero attached hydrogens (tertiary/aromatic N) is 4. The van der Waals surface area contributed by atoms with Gasteiger partial charge in [0.05, 0.1) is 16.6 Å². The first-order chi connectivity index (χ1) is 15.4. The normalized spacial score (nSPS) is 11.7. The number of fused-ring (bicyclic) bond motifs is 1. The van der Waals surface area contributed by atoms with Crippen LogP contribution in [0.2, 0.25) is 0 Å². The van der Waals surface area contributed by atoms with E-state index in [0.717, 1.165) is 12.1 Å². The van der Waals surface area contributed by atoms with Gasteiger partial charge >= 0.3 is 6.18 Å². The van der Waals surface area contributed by atoms with E-state index in [-0.39, 0.29) is 23.0 Å². The van der Waals surface area contributed by atoms with E-state index in [4.69, 9.17) is 4.52 Å². The molecule has 158 valence electrons. The number of hydrogen-bond acceptors (Lipinski definition) is 5. The summed E-state index contributed by atoms with van der Waals surface area (Å²) in [6.07, 6.45) is -4.44. The Morgan fingerprint density at radius 3 is 2.16 bits per heavy atom. The molecule has 0 atom stereocenters. The Kier molecular flexibility index (Phi) is 4.58. The molecule has 0 saturated carbocycles. The van der Waals surface area contributed by atoms with E-state index in [1.165, 1.54) is 16.8 Å². The van der Waals surface area contributed by atoms with Gasteiger partial charge in [0.15, 0.2) is 5.69 Å².